The van der Waals surface area contributed by atoms with Crippen molar-refractivity contribution in [2.45, 2.75) is 51.2 Å². The predicted molar refractivity (Wildman–Crippen MR) is 107 cm³/mol. The van der Waals surface area contributed by atoms with Gasteiger partial charge in [-0.05, 0) is 38.5 Å². The fraction of sp³-hybridized carbons (Fsp3) is 0.556. The molecule has 0 atom stereocenters. The standard InChI is InChI=1S/C18H24N4O2S2/c1-2-16-21-22-17(24)10-14(20-18(22)26-16)11-25-12-15(23)19-9-8-13-6-4-3-5-7-13/h6,10H,2-5,7-9,11-12H2,1H3,(H,19,23). The largest absolute Gasteiger partial charge is 0.355 e. The summed E-state index contributed by atoms with van der Waals surface area (Å²) >= 11 is 2.91. The van der Waals surface area contributed by atoms with E-state index in [1.165, 1.54) is 64.9 Å². The number of nitrogens with one attached hydrogen (secondary N) is 1. The van der Waals surface area contributed by atoms with E-state index in [9.17, 15) is 9.59 Å². The summed E-state index contributed by atoms with van der Waals surface area (Å²) in [6.07, 6.45) is 8.96. The minimum atomic E-state index is -0.160. The first-order chi connectivity index (χ1) is 12.7. The first-order valence-corrected chi connectivity index (χ1v) is 11.0. The highest BCUT2D eigenvalue weighted by atomic mass is 32.2. The third-order valence-corrected chi connectivity index (χ3v) is 6.30. The van der Waals surface area contributed by atoms with Gasteiger partial charge in [-0.15, -0.1) is 11.8 Å². The van der Waals surface area contributed by atoms with Crippen molar-refractivity contribution in [1.82, 2.24) is 19.9 Å². The van der Waals surface area contributed by atoms with Gasteiger partial charge in [-0.25, -0.2) is 4.98 Å². The molecule has 0 aromatic carbocycles. The third kappa shape index (κ3) is 5.17. The number of thioether (sulfide) groups is 1. The van der Waals surface area contributed by atoms with Crippen LogP contribution in [0.25, 0.3) is 4.96 Å². The molecule has 0 aliphatic heterocycles. The monoisotopic (exact) mass is 392 g/mol. The van der Waals surface area contributed by atoms with Crippen LogP contribution in [0.2, 0.25) is 0 Å². The van der Waals surface area contributed by atoms with Gasteiger partial charge in [-0.2, -0.15) is 9.61 Å². The zero-order valence-corrected chi connectivity index (χ0v) is 16.6. The quantitative estimate of drug-likeness (QED) is 0.699. The molecule has 8 heteroatoms. The van der Waals surface area contributed by atoms with Crippen LogP contribution >= 0.6 is 23.1 Å². The molecule has 0 saturated heterocycles. The minimum Gasteiger partial charge on any atom is -0.355 e. The molecule has 1 aliphatic rings. The Bertz CT molecular complexity index is 856. The Morgan fingerprint density at radius 3 is 3.08 bits per heavy atom. The Labute approximate surface area is 161 Å². The number of carbonyl (C=O) groups excluding carboxylic acids is 1. The maximum absolute atomic E-state index is 12.1. The summed E-state index contributed by atoms with van der Waals surface area (Å²) in [5.41, 5.74) is 2.01. The van der Waals surface area contributed by atoms with Crippen molar-refractivity contribution < 1.29 is 4.79 Å². The molecule has 2 aromatic heterocycles. The van der Waals surface area contributed by atoms with E-state index >= 15 is 0 Å². The number of aromatic nitrogens is 3. The molecule has 6 nitrogen and oxygen atoms in total. The maximum atomic E-state index is 12.1. The number of amides is 1. The lowest BCUT2D eigenvalue weighted by atomic mass is 9.97. The SMILES string of the molecule is CCc1nn2c(=O)cc(CSCC(=O)NCCC3=CCCCC3)nc2s1. The molecule has 1 aliphatic carbocycles. The van der Waals surface area contributed by atoms with Crippen LogP contribution < -0.4 is 10.9 Å². The molecule has 26 heavy (non-hydrogen) atoms. The van der Waals surface area contributed by atoms with Gasteiger partial charge in [0.05, 0.1) is 11.4 Å². The van der Waals surface area contributed by atoms with E-state index in [0.29, 0.717) is 28.7 Å². The maximum Gasteiger partial charge on any atom is 0.275 e. The summed E-state index contributed by atoms with van der Waals surface area (Å²) in [6.45, 7) is 2.71. The highest BCUT2D eigenvalue weighted by molar-refractivity contribution is 7.99. The van der Waals surface area contributed by atoms with Crippen molar-refractivity contribution in [2.24, 2.45) is 0 Å². The number of hydrogen-bond donors (Lipinski definition) is 1. The van der Waals surface area contributed by atoms with Crippen LogP contribution in [0, 0.1) is 0 Å². The van der Waals surface area contributed by atoms with Crippen LogP contribution in [0.1, 0.15) is 49.7 Å². The zero-order chi connectivity index (χ0) is 18.4. The van der Waals surface area contributed by atoms with Crippen molar-refractivity contribution >= 4 is 34.0 Å². The van der Waals surface area contributed by atoms with Gasteiger partial charge < -0.3 is 5.32 Å². The average molecular weight is 393 g/mol. The lowest BCUT2D eigenvalue weighted by Gasteiger charge is -2.12. The Morgan fingerprint density at radius 1 is 1.42 bits per heavy atom. The zero-order valence-electron chi connectivity index (χ0n) is 15.0. The highest BCUT2D eigenvalue weighted by Crippen LogP contribution is 2.19. The smallest absolute Gasteiger partial charge is 0.275 e. The van der Waals surface area contributed by atoms with E-state index in [4.69, 9.17) is 0 Å². The van der Waals surface area contributed by atoms with Crippen LogP contribution in [0.4, 0.5) is 0 Å². The molecule has 3 rings (SSSR count). The first kappa shape index (κ1) is 19.1. The van der Waals surface area contributed by atoms with Gasteiger partial charge in [0.2, 0.25) is 10.9 Å². The minimum absolute atomic E-state index is 0.0373. The molecule has 0 fully saturated rings. The molecule has 0 saturated carbocycles. The Kier molecular flexibility index (Phi) is 6.85. The lowest BCUT2D eigenvalue weighted by Crippen LogP contribution is -2.26. The molecule has 0 radical (unpaired) electrons. The molecular weight excluding hydrogens is 368 g/mol. The second-order valence-corrected chi connectivity index (χ2v) is 8.36. The third-order valence-electron chi connectivity index (χ3n) is 4.28. The van der Waals surface area contributed by atoms with E-state index in [2.05, 4.69) is 21.5 Å². The Balaban J connectivity index is 1.44. The number of allylic oxidation sites excluding steroid dienone is 1. The summed E-state index contributed by atoms with van der Waals surface area (Å²) < 4.78 is 1.35. The van der Waals surface area contributed by atoms with Crippen LogP contribution in [-0.4, -0.2) is 32.8 Å². The summed E-state index contributed by atoms with van der Waals surface area (Å²) in [4.78, 5) is 29.1. The fourth-order valence-corrected chi connectivity index (χ4v) is 4.51. The summed E-state index contributed by atoms with van der Waals surface area (Å²) in [5.74, 6) is 0.961. The number of fused-ring (bicyclic) bond motifs is 1. The molecule has 0 bridgehead atoms. The van der Waals surface area contributed by atoms with Crippen LogP contribution in [0.5, 0.6) is 0 Å². The topological polar surface area (TPSA) is 76.4 Å². The van der Waals surface area contributed by atoms with E-state index in [1.807, 2.05) is 6.92 Å². The molecular formula is C18H24N4O2S2. The van der Waals surface area contributed by atoms with Crippen molar-refractivity contribution in [3.05, 3.63) is 38.8 Å². The summed E-state index contributed by atoms with van der Waals surface area (Å²) in [6, 6.07) is 1.51. The van der Waals surface area contributed by atoms with Gasteiger partial charge in [-0.1, -0.05) is 29.9 Å². The van der Waals surface area contributed by atoms with Crippen LogP contribution in [0.3, 0.4) is 0 Å². The molecule has 1 amide bonds. The second-order valence-electron chi connectivity index (χ2n) is 6.33. The van der Waals surface area contributed by atoms with E-state index in [1.54, 1.807) is 0 Å². The second kappa shape index (κ2) is 9.32. The van der Waals surface area contributed by atoms with Gasteiger partial charge in [-0.3, -0.25) is 9.59 Å². The van der Waals surface area contributed by atoms with Crippen molar-refractivity contribution in [3.63, 3.8) is 0 Å². The Morgan fingerprint density at radius 2 is 2.31 bits per heavy atom. The molecule has 0 unspecified atom stereocenters. The van der Waals surface area contributed by atoms with Crippen molar-refractivity contribution in [3.8, 4) is 0 Å². The van der Waals surface area contributed by atoms with E-state index < -0.39 is 0 Å². The number of hydrogen-bond acceptors (Lipinski definition) is 6. The van der Waals surface area contributed by atoms with Gasteiger partial charge in [0, 0.05) is 18.4 Å². The molecule has 1 N–H and O–H groups in total. The van der Waals surface area contributed by atoms with Gasteiger partial charge in [0.25, 0.3) is 5.56 Å². The molecule has 2 aromatic rings. The Hall–Kier alpha value is -1.67. The number of nitrogens with zero attached hydrogens (tertiary/aromatic N) is 3. The van der Waals surface area contributed by atoms with Gasteiger partial charge in [0.15, 0.2) is 0 Å². The van der Waals surface area contributed by atoms with E-state index in [0.717, 1.165) is 17.8 Å². The van der Waals surface area contributed by atoms with Crippen LogP contribution in [-0.2, 0) is 17.0 Å². The van der Waals surface area contributed by atoms with Gasteiger partial charge in [0.1, 0.15) is 5.01 Å². The summed E-state index contributed by atoms with van der Waals surface area (Å²) in [7, 11) is 0. The molecule has 0 spiro atoms. The number of aryl methyl sites for hydroxylation is 1. The fourth-order valence-electron chi connectivity index (χ4n) is 2.91. The highest BCUT2D eigenvalue weighted by Gasteiger charge is 2.09. The van der Waals surface area contributed by atoms with E-state index in [-0.39, 0.29) is 11.5 Å². The lowest BCUT2D eigenvalue weighted by molar-refractivity contribution is -0.118. The molecule has 2 heterocycles. The average Bonchev–Trinajstić information content (AvgIpc) is 3.06. The van der Waals surface area contributed by atoms with Gasteiger partial charge >= 0.3 is 0 Å². The van der Waals surface area contributed by atoms with Crippen molar-refractivity contribution in [2.75, 3.05) is 12.3 Å². The molecule has 140 valence electrons. The van der Waals surface area contributed by atoms with Crippen LogP contribution in [0.15, 0.2) is 22.5 Å². The predicted octanol–water partition coefficient (Wildman–Crippen LogP) is 2.95. The summed E-state index contributed by atoms with van der Waals surface area (Å²) in [5, 5.41) is 8.11. The number of carbonyl (C=O) groups is 1. The van der Waals surface area contributed by atoms with Crippen molar-refractivity contribution in [1.29, 1.82) is 0 Å². The first-order valence-electron chi connectivity index (χ1n) is 9.06. The normalized spacial score (nSPS) is 14.4. The number of rotatable bonds is 8.